The Kier molecular flexibility index (Phi) is 4.14. The van der Waals surface area contributed by atoms with Crippen LogP contribution in [-0.2, 0) is 6.54 Å². The molecule has 0 aliphatic carbocycles. The molecule has 5 nitrogen and oxygen atoms in total. The molecular formula is C14H17N3O2S. The van der Waals surface area contributed by atoms with Gasteiger partial charge in [-0.1, -0.05) is 29.8 Å². The van der Waals surface area contributed by atoms with E-state index in [0.29, 0.717) is 22.2 Å². The molecular weight excluding hydrogens is 274 g/mol. The Morgan fingerprint density at radius 2 is 2.00 bits per heavy atom. The topological polar surface area (TPSA) is 90.4 Å². The van der Waals surface area contributed by atoms with Gasteiger partial charge in [0.1, 0.15) is 15.6 Å². The van der Waals surface area contributed by atoms with Crippen LogP contribution in [0.15, 0.2) is 24.3 Å². The van der Waals surface area contributed by atoms with Crippen LogP contribution in [0, 0.1) is 6.92 Å². The lowest BCUT2D eigenvalue weighted by atomic mass is 10.1. The molecule has 0 spiro atoms. The molecule has 0 saturated carbocycles. The average Bonchev–Trinajstić information content (AvgIpc) is 2.74. The molecule has 1 aromatic carbocycles. The number of rotatable bonds is 5. The first kappa shape index (κ1) is 14.2. The van der Waals surface area contributed by atoms with Crippen LogP contribution in [0.4, 0.5) is 10.7 Å². The van der Waals surface area contributed by atoms with Crippen LogP contribution >= 0.6 is 11.3 Å². The number of carbonyl (C=O) groups excluding carboxylic acids is 1. The van der Waals surface area contributed by atoms with E-state index >= 15 is 0 Å². The molecule has 1 aromatic heterocycles. The van der Waals surface area contributed by atoms with Crippen molar-refractivity contribution >= 4 is 27.9 Å². The summed E-state index contributed by atoms with van der Waals surface area (Å²) in [6, 6.07) is 8.18. The highest BCUT2D eigenvalue weighted by Gasteiger charge is 2.19. The number of primary amides is 1. The third kappa shape index (κ3) is 2.85. The van der Waals surface area contributed by atoms with Crippen molar-refractivity contribution in [3.63, 3.8) is 0 Å². The lowest BCUT2D eigenvalue weighted by Gasteiger charge is -2.07. The Hall–Kier alpha value is -2.21. The molecule has 6 heteroatoms. The van der Waals surface area contributed by atoms with E-state index in [1.54, 1.807) is 0 Å². The summed E-state index contributed by atoms with van der Waals surface area (Å²) in [6.07, 6.45) is 0. The van der Waals surface area contributed by atoms with E-state index in [2.05, 4.69) is 5.32 Å². The molecule has 0 unspecified atom stereocenters. The van der Waals surface area contributed by atoms with Gasteiger partial charge in [-0.3, -0.25) is 4.79 Å². The van der Waals surface area contributed by atoms with E-state index in [0.717, 1.165) is 5.56 Å². The summed E-state index contributed by atoms with van der Waals surface area (Å²) in [5.74, 6) is -0.0786. The predicted octanol–water partition coefficient (Wildman–Crippen LogP) is 2.36. The summed E-state index contributed by atoms with van der Waals surface area (Å²) in [5, 5.41) is 3.93. The average molecular weight is 291 g/mol. The summed E-state index contributed by atoms with van der Waals surface area (Å²) < 4.78 is 5.23. The summed E-state index contributed by atoms with van der Waals surface area (Å²) in [7, 11) is 1.51. The maximum atomic E-state index is 11.3. The van der Waals surface area contributed by atoms with Crippen molar-refractivity contribution in [2.45, 2.75) is 13.5 Å². The predicted molar refractivity (Wildman–Crippen MR) is 82.3 cm³/mol. The second kappa shape index (κ2) is 5.83. The van der Waals surface area contributed by atoms with Gasteiger partial charge in [0.25, 0.3) is 5.91 Å². The molecule has 0 aliphatic rings. The first-order chi connectivity index (χ1) is 9.52. The SMILES string of the molecule is COc1c(NCc2ccc(C)cc2)sc(C(N)=O)c1N. The van der Waals surface area contributed by atoms with Crippen molar-refractivity contribution in [3.05, 3.63) is 40.3 Å². The highest BCUT2D eigenvalue weighted by molar-refractivity contribution is 7.19. The van der Waals surface area contributed by atoms with Crippen LogP contribution in [0.3, 0.4) is 0 Å². The molecule has 1 amide bonds. The zero-order valence-electron chi connectivity index (χ0n) is 11.4. The molecule has 0 aliphatic heterocycles. The Morgan fingerprint density at radius 1 is 1.35 bits per heavy atom. The maximum absolute atomic E-state index is 11.3. The van der Waals surface area contributed by atoms with Gasteiger partial charge in [-0.05, 0) is 12.5 Å². The Bertz CT molecular complexity index is 620. The third-order valence-corrected chi connectivity index (χ3v) is 4.06. The first-order valence-electron chi connectivity index (χ1n) is 6.08. The van der Waals surface area contributed by atoms with Crippen molar-refractivity contribution in [2.24, 2.45) is 5.73 Å². The number of hydrogen-bond acceptors (Lipinski definition) is 5. The Balaban J connectivity index is 2.18. The number of ether oxygens (including phenoxy) is 1. The molecule has 20 heavy (non-hydrogen) atoms. The fourth-order valence-electron chi connectivity index (χ4n) is 1.82. The zero-order valence-corrected chi connectivity index (χ0v) is 12.2. The summed E-state index contributed by atoms with van der Waals surface area (Å²) in [4.78, 5) is 11.6. The van der Waals surface area contributed by atoms with Crippen LogP contribution in [0.25, 0.3) is 0 Å². The third-order valence-electron chi connectivity index (χ3n) is 2.90. The molecule has 1 heterocycles. The van der Waals surface area contributed by atoms with E-state index in [4.69, 9.17) is 16.2 Å². The smallest absolute Gasteiger partial charge is 0.261 e. The van der Waals surface area contributed by atoms with Gasteiger partial charge in [-0.15, -0.1) is 11.3 Å². The lowest BCUT2D eigenvalue weighted by molar-refractivity contribution is 0.100. The van der Waals surface area contributed by atoms with Gasteiger partial charge in [0.05, 0.1) is 7.11 Å². The maximum Gasteiger partial charge on any atom is 0.261 e. The normalized spacial score (nSPS) is 10.3. The zero-order chi connectivity index (χ0) is 14.7. The van der Waals surface area contributed by atoms with Crippen molar-refractivity contribution in [2.75, 3.05) is 18.2 Å². The minimum Gasteiger partial charge on any atom is -0.492 e. The summed E-state index contributed by atoms with van der Waals surface area (Å²) in [6.45, 7) is 2.66. The van der Waals surface area contributed by atoms with Crippen molar-refractivity contribution < 1.29 is 9.53 Å². The van der Waals surface area contributed by atoms with Crippen LogP contribution in [0.1, 0.15) is 20.8 Å². The monoisotopic (exact) mass is 291 g/mol. The standard InChI is InChI=1S/C14H17N3O2S/c1-8-3-5-9(6-4-8)7-17-14-11(19-2)10(15)12(20-14)13(16)18/h3-6,17H,7,15H2,1-2H3,(H2,16,18). The Morgan fingerprint density at radius 3 is 2.55 bits per heavy atom. The number of anilines is 2. The van der Waals surface area contributed by atoms with Gasteiger partial charge in [-0.2, -0.15) is 0 Å². The Labute approximate surface area is 121 Å². The molecule has 0 bridgehead atoms. The van der Waals surface area contributed by atoms with E-state index < -0.39 is 5.91 Å². The highest BCUT2D eigenvalue weighted by Crippen LogP contribution is 2.42. The van der Waals surface area contributed by atoms with Gasteiger partial charge >= 0.3 is 0 Å². The number of benzene rings is 1. The first-order valence-corrected chi connectivity index (χ1v) is 6.90. The second-order valence-corrected chi connectivity index (χ2v) is 5.43. The van der Waals surface area contributed by atoms with Crippen LogP contribution < -0.4 is 21.5 Å². The minimum absolute atomic E-state index is 0.288. The van der Waals surface area contributed by atoms with Gasteiger partial charge in [0.15, 0.2) is 5.75 Å². The fraction of sp³-hybridized carbons (Fsp3) is 0.214. The molecule has 0 saturated heterocycles. The summed E-state index contributed by atoms with van der Waals surface area (Å²) in [5.41, 5.74) is 13.8. The summed E-state index contributed by atoms with van der Waals surface area (Å²) >= 11 is 1.21. The van der Waals surface area contributed by atoms with Crippen LogP contribution in [0.2, 0.25) is 0 Å². The van der Waals surface area contributed by atoms with Crippen LogP contribution in [0.5, 0.6) is 5.75 Å². The number of carbonyl (C=O) groups is 1. The highest BCUT2D eigenvalue weighted by atomic mass is 32.1. The van der Waals surface area contributed by atoms with Gasteiger partial charge in [0.2, 0.25) is 0 Å². The van der Waals surface area contributed by atoms with Gasteiger partial charge in [0, 0.05) is 6.54 Å². The number of methoxy groups -OCH3 is 1. The minimum atomic E-state index is -0.547. The van der Waals surface area contributed by atoms with Crippen molar-refractivity contribution in [1.82, 2.24) is 0 Å². The van der Waals surface area contributed by atoms with E-state index in [9.17, 15) is 4.79 Å². The number of aryl methyl sites for hydroxylation is 1. The molecule has 5 N–H and O–H groups in total. The van der Waals surface area contributed by atoms with E-state index in [-0.39, 0.29) is 5.69 Å². The molecule has 2 rings (SSSR count). The van der Waals surface area contributed by atoms with Crippen molar-refractivity contribution in [3.8, 4) is 5.75 Å². The molecule has 2 aromatic rings. The van der Waals surface area contributed by atoms with Gasteiger partial charge < -0.3 is 21.5 Å². The van der Waals surface area contributed by atoms with E-state index in [1.807, 2.05) is 31.2 Å². The number of hydrogen-bond donors (Lipinski definition) is 3. The number of nitrogens with one attached hydrogen (secondary N) is 1. The number of nitrogen functional groups attached to an aromatic ring is 1. The number of nitrogens with two attached hydrogens (primary N) is 2. The number of thiophene rings is 1. The lowest BCUT2D eigenvalue weighted by Crippen LogP contribution is -2.10. The van der Waals surface area contributed by atoms with Gasteiger partial charge in [-0.25, -0.2) is 0 Å². The molecule has 0 radical (unpaired) electrons. The molecule has 106 valence electrons. The second-order valence-electron chi connectivity index (χ2n) is 4.41. The van der Waals surface area contributed by atoms with E-state index in [1.165, 1.54) is 24.0 Å². The molecule has 0 fully saturated rings. The fourth-order valence-corrected chi connectivity index (χ4v) is 2.76. The quantitative estimate of drug-likeness (QED) is 0.788. The molecule has 0 atom stereocenters. The van der Waals surface area contributed by atoms with Crippen LogP contribution in [-0.4, -0.2) is 13.0 Å². The van der Waals surface area contributed by atoms with Crippen molar-refractivity contribution in [1.29, 1.82) is 0 Å². The number of amides is 1. The largest absolute Gasteiger partial charge is 0.492 e.